The third-order valence-electron chi connectivity index (χ3n) is 5.63. The molecule has 3 aromatic rings. The molecular formula is C23H26N4O4S. The van der Waals surface area contributed by atoms with Crippen LogP contribution in [-0.4, -0.2) is 41.9 Å². The van der Waals surface area contributed by atoms with Gasteiger partial charge in [0.25, 0.3) is 0 Å². The van der Waals surface area contributed by atoms with Gasteiger partial charge in [-0.15, -0.1) is 0 Å². The normalized spacial score (nSPS) is 15.5. The van der Waals surface area contributed by atoms with E-state index in [0.717, 1.165) is 5.56 Å². The minimum Gasteiger partial charge on any atom is -0.352 e. The van der Waals surface area contributed by atoms with Crippen LogP contribution in [-0.2, 0) is 27.8 Å². The molecule has 1 amide bonds. The van der Waals surface area contributed by atoms with Crippen LogP contribution < -0.4 is 5.32 Å². The summed E-state index contributed by atoms with van der Waals surface area (Å²) in [6.45, 7) is 2.99. The maximum atomic E-state index is 13.2. The van der Waals surface area contributed by atoms with E-state index in [-0.39, 0.29) is 16.7 Å². The van der Waals surface area contributed by atoms with Gasteiger partial charge in [-0.1, -0.05) is 54.5 Å². The first-order valence-corrected chi connectivity index (χ1v) is 12.2. The van der Waals surface area contributed by atoms with E-state index in [1.54, 1.807) is 24.3 Å². The molecule has 168 valence electrons. The first-order chi connectivity index (χ1) is 15.5. The fraction of sp³-hybridized carbons (Fsp3) is 0.348. The maximum absolute atomic E-state index is 13.2. The summed E-state index contributed by atoms with van der Waals surface area (Å²) in [5.74, 6) is 0.647. The minimum absolute atomic E-state index is 0.0308. The van der Waals surface area contributed by atoms with Gasteiger partial charge in [0.15, 0.2) is 0 Å². The third-order valence-corrected chi connectivity index (χ3v) is 7.53. The van der Waals surface area contributed by atoms with Crippen LogP contribution >= 0.6 is 0 Å². The second kappa shape index (κ2) is 9.62. The van der Waals surface area contributed by atoms with Gasteiger partial charge in [-0.25, -0.2) is 8.42 Å². The van der Waals surface area contributed by atoms with Gasteiger partial charge in [-0.3, -0.25) is 4.79 Å². The molecule has 2 heterocycles. The summed E-state index contributed by atoms with van der Waals surface area (Å²) < 4.78 is 32.9. The van der Waals surface area contributed by atoms with E-state index in [1.807, 2.05) is 37.3 Å². The van der Waals surface area contributed by atoms with Gasteiger partial charge in [-0.05, 0) is 30.5 Å². The average molecular weight is 455 g/mol. The quantitative estimate of drug-likeness (QED) is 0.588. The molecule has 0 bridgehead atoms. The molecule has 1 saturated heterocycles. The predicted octanol–water partition coefficient (Wildman–Crippen LogP) is 3.02. The van der Waals surface area contributed by atoms with E-state index in [1.165, 1.54) is 4.31 Å². The zero-order chi connectivity index (χ0) is 22.6. The van der Waals surface area contributed by atoms with Crippen molar-refractivity contribution < 1.29 is 17.7 Å². The number of piperidine rings is 1. The van der Waals surface area contributed by atoms with E-state index < -0.39 is 10.0 Å². The Kier molecular flexibility index (Phi) is 6.66. The van der Waals surface area contributed by atoms with Crippen LogP contribution in [0.4, 0.5) is 0 Å². The van der Waals surface area contributed by atoms with Crippen molar-refractivity contribution in [2.75, 3.05) is 13.1 Å². The summed E-state index contributed by atoms with van der Waals surface area (Å²) in [7, 11) is -3.68. The number of amides is 1. The van der Waals surface area contributed by atoms with Crippen LogP contribution in [0.25, 0.3) is 11.4 Å². The standard InChI is InChI=1S/C23H26N4O4S/c1-2-21-25-22(26-31-21)19-9-6-10-20(15-19)32(29,30)27-13-11-18(12-14-27)23(28)24-16-17-7-4-3-5-8-17/h3-10,15,18H,2,11-14,16H2,1H3,(H,24,28). The number of sulfonamides is 1. The Labute approximate surface area is 187 Å². The van der Waals surface area contributed by atoms with E-state index in [2.05, 4.69) is 15.5 Å². The fourth-order valence-electron chi connectivity index (χ4n) is 3.75. The molecule has 0 radical (unpaired) electrons. The summed E-state index contributed by atoms with van der Waals surface area (Å²) in [5.41, 5.74) is 1.62. The molecule has 9 heteroatoms. The molecule has 1 aliphatic rings. The van der Waals surface area contributed by atoms with Crippen LogP contribution in [0.5, 0.6) is 0 Å². The summed E-state index contributed by atoms with van der Waals surface area (Å²) in [5, 5.41) is 6.88. The molecule has 1 aliphatic heterocycles. The second-order valence-corrected chi connectivity index (χ2v) is 9.71. The summed E-state index contributed by atoms with van der Waals surface area (Å²) in [4.78, 5) is 17.0. The Morgan fingerprint density at radius 2 is 1.88 bits per heavy atom. The summed E-state index contributed by atoms with van der Waals surface area (Å²) in [6, 6.07) is 16.3. The van der Waals surface area contributed by atoms with Crippen molar-refractivity contribution in [3.63, 3.8) is 0 Å². The number of nitrogens with zero attached hydrogens (tertiary/aromatic N) is 3. The Morgan fingerprint density at radius 1 is 1.12 bits per heavy atom. The topological polar surface area (TPSA) is 105 Å². The SMILES string of the molecule is CCc1nc(-c2cccc(S(=O)(=O)N3CCC(C(=O)NCc4ccccc4)CC3)c2)no1. The highest BCUT2D eigenvalue weighted by molar-refractivity contribution is 7.89. The molecule has 8 nitrogen and oxygen atoms in total. The smallest absolute Gasteiger partial charge is 0.243 e. The summed E-state index contributed by atoms with van der Waals surface area (Å²) >= 11 is 0. The molecule has 0 aliphatic carbocycles. The lowest BCUT2D eigenvalue weighted by Gasteiger charge is -2.30. The van der Waals surface area contributed by atoms with Crippen molar-refractivity contribution in [2.45, 2.75) is 37.6 Å². The van der Waals surface area contributed by atoms with E-state index in [4.69, 9.17) is 4.52 Å². The fourth-order valence-corrected chi connectivity index (χ4v) is 5.26. The number of carbonyl (C=O) groups is 1. The number of carbonyl (C=O) groups excluding carboxylic acids is 1. The highest BCUT2D eigenvalue weighted by Gasteiger charge is 2.32. The predicted molar refractivity (Wildman–Crippen MR) is 119 cm³/mol. The Morgan fingerprint density at radius 3 is 2.56 bits per heavy atom. The van der Waals surface area contributed by atoms with Gasteiger partial charge in [0.1, 0.15) is 0 Å². The van der Waals surface area contributed by atoms with Crippen LogP contribution in [0, 0.1) is 5.92 Å². The Balaban J connectivity index is 1.38. The number of hydrogen-bond donors (Lipinski definition) is 1. The highest BCUT2D eigenvalue weighted by Crippen LogP contribution is 2.26. The van der Waals surface area contributed by atoms with Gasteiger partial charge in [0.05, 0.1) is 4.90 Å². The van der Waals surface area contributed by atoms with E-state index in [9.17, 15) is 13.2 Å². The lowest BCUT2D eigenvalue weighted by Crippen LogP contribution is -2.42. The zero-order valence-electron chi connectivity index (χ0n) is 17.9. The van der Waals surface area contributed by atoms with Crippen LogP contribution in [0.1, 0.15) is 31.2 Å². The number of aromatic nitrogens is 2. The van der Waals surface area contributed by atoms with Crippen molar-refractivity contribution in [2.24, 2.45) is 5.92 Å². The van der Waals surface area contributed by atoms with Gasteiger partial charge < -0.3 is 9.84 Å². The van der Waals surface area contributed by atoms with Crippen molar-refractivity contribution in [1.82, 2.24) is 19.8 Å². The molecule has 1 N–H and O–H groups in total. The van der Waals surface area contributed by atoms with Crippen molar-refractivity contribution in [3.8, 4) is 11.4 Å². The van der Waals surface area contributed by atoms with E-state index in [0.29, 0.717) is 56.2 Å². The Bertz CT molecular complexity index is 1170. The molecule has 0 atom stereocenters. The maximum Gasteiger partial charge on any atom is 0.243 e. The molecule has 1 aromatic heterocycles. The monoisotopic (exact) mass is 454 g/mol. The van der Waals surface area contributed by atoms with Crippen LogP contribution in [0.2, 0.25) is 0 Å². The lowest BCUT2D eigenvalue weighted by molar-refractivity contribution is -0.126. The average Bonchev–Trinajstić information content (AvgIpc) is 3.33. The number of aryl methyl sites for hydroxylation is 1. The van der Waals surface area contributed by atoms with Crippen LogP contribution in [0.15, 0.2) is 64.0 Å². The van der Waals surface area contributed by atoms with Gasteiger partial charge >= 0.3 is 0 Å². The number of nitrogens with one attached hydrogen (secondary N) is 1. The molecular weight excluding hydrogens is 428 g/mol. The molecule has 2 aromatic carbocycles. The van der Waals surface area contributed by atoms with Crippen molar-refractivity contribution in [1.29, 1.82) is 0 Å². The molecule has 0 saturated carbocycles. The largest absolute Gasteiger partial charge is 0.352 e. The van der Waals surface area contributed by atoms with Crippen molar-refractivity contribution >= 4 is 15.9 Å². The molecule has 1 fully saturated rings. The number of benzene rings is 2. The van der Waals surface area contributed by atoms with E-state index >= 15 is 0 Å². The first kappa shape index (κ1) is 22.2. The molecule has 0 unspecified atom stereocenters. The van der Waals surface area contributed by atoms with Gasteiger partial charge in [-0.2, -0.15) is 9.29 Å². The van der Waals surface area contributed by atoms with Crippen molar-refractivity contribution in [3.05, 3.63) is 66.1 Å². The second-order valence-electron chi connectivity index (χ2n) is 7.77. The van der Waals surface area contributed by atoms with Crippen LogP contribution in [0.3, 0.4) is 0 Å². The van der Waals surface area contributed by atoms with Gasteiger partial charge in [0.2, 0.25) is 27.6 Å². The first-order valence-electron chi connectivity index (χ1n) is 10.7. The zero-order valence-corrected chi connectivity index (χ0v) is 18.7. The van der Waals surface area contributed by atoms with Gasteiger partial charge in [0, 0.05) is 37.5 Å². The molecule has 32 heavy (non-hydrogen) atoms. The third kappa shape index (κ3) is 4.89. The highest BCUT2D eigenvalue weighted by atomic mass is 32.2. The minimum atomic E-state index is -3.68. The molecule has 0 spiro atoms. The number of rotatable bonds is 7. The number of hydrogen-bond acceptors (Lipinski definition) is 6. The molecule has 4 rings (SSSR count). The Hall–Kier alpha value is -3.04. The lowest BCUT2D eigenvalue weighted by atomic mass is 9.97. The summed E-state index contributed by atoms with van der Waals surface area (Å²) in [6.07, 6.45) is 1.59.